The van der Waals surface area contributed by atoms with Crippen LogP contribution in [0.3, 0.4) is 0 Å². The van der Waals surface area contributed by atoms with Gasteiger partial charge in [0.05, 0.1) is 28.5 Å². The largest absolute Gasteiger partial charge is 0.304 e. The molecule has 0 aliphatic carbocycles. The zero-order valence-corrected chi connectivity index (χ0v) is 14.8. The minimum absolute atomic E-state index is 0.246. The molecule has 1 aliphatic heterocycles. The van der Waals surface area contributed by atoms with E-state index >= 15 is 0 Å². The Balaban J connectivity index is 1.91. The molecule has 0 N–H and O–H groups in total. The Morgan fingerprint density at radius 1 is 1.21 bits per heavy atom. The van der Waals surface area contributed by atoms with Crippen molar-refractivity contribution in [3.63, 3.8) is 0 Å². The lowest BCUT2D eigenvalue weighted by Gasteiger charge is -2.24. The molecule has 2 aromatic rings. The van der Waals surface area contributed by atoms with Crippen LogP contribution in [0.15, 0.2) is 47.6 Å². The van der Waals surface area contributed by atoms with Gasteiger partial charge in [0.25, 0.3) is 0 Å². The van der Waals surface area contributed by atoms with E-state index in [4.69, 9.17) is 0 Å². The third kappa shape index (κ3) is 3.48. The van der Waals surface area contributed by atoms with Gasteiger partial charge in [0, 0.05) is 19.3 Å². The molecule has 1 aromatic heterocycles. The second kappa shape index (κ2) is 6.96. The molecule has 1 saturated heterocycles. The molecule has 6 nitrogen and oxygen atoms in total. The zero-order valence-electron chi connectivity index (χ0n) is 14.0. The molecule has 0 spiro atoms. The van der Waals surface area contributed by atoms with Crippen molar-refractivity contribution >= 4 is 10.0 Å². The predicted molar refractivity (Wildman–Crippen MR) is 91.7 cm³/mol. The highest BCUT2D eigenvalue weighted by Crippen LogP contribution is 2.35. The average molecular weight is 346 g/mol. The number of hydrogen-bond acceptors (Lipinski definition) is 5. The Labute approximate surface area is 143 Å². The molecule has 0 unspecified atom stereocenters. The monoisotopic (exact) mass is 346 g/mol. The molecule has 1 atom stereocenters. The highest BCUT2D eigenvalue weighted by molar-refractivity contribution is 7.89. The van der Waals surface area contributed by atoms with Crippen molar-refractivity contribution < 1.29 is 8.42 Å². The van der Waals surface area contributed by atoms with E-state index in [1.165, 1.54) is 0 Å². The summed E-state index contributed by atoms with van der Waals surface area (Å²) in [4.78, 5) is 11.2. The number of hydrogen-bond donors (Lipinski definition) is 0. The fraction of sp³-hybridized carbons (Fsp3) is 0.412. The minimum Gasteiger partial charge on any atom is -0.304 e. The van der Waals surface area contributed by atoms with Gasteiger partial charge in [0.15, 0.2) is 0 Å². The quantitative estimate of drug-likeness (QED) is 0.829. The summed E-state index contributed by atoms with van der Waals surface area (Å²) >= 11 is 0. The molecule has 0 radical (unpaired) electrons. The normalized spacial score (nSPS) is 19.0. The first kappa shape index (κ1) is 17.0. The summed E-state index contributed by atoms with van der Waals surface area (Å²) in [6.45, 7) is 1.19. The fourth-order valence-electron chi connectivity index (χ4n) is 3.04. The van der Waals surface area contributed by atoms with Gasteiger partial charge in [-0.05, 0) is 39.1 Å². The lowest BCUT2D eigenvalue weighted by atomic mass is 10.1. The van der Waals surface area contributed by atoms with Crippen LogP contribution in [-0.2, 0) is 16.6 Å². The van der Waals surface area contributed by atoms with Gasteiger partial charge in [-0.2, -0.15) is 4.31 Å². The van der Waals surface area contributed by atoms with Gasteiger partial charge >= 0.3 is 0 Å². The standard InChI is InChI=1S/C17H22N4O2S/c1-20(2)13-14-11-18-12-16(19-14)17-9-6-10-21(17)24(22,23)15-7-4-3-5-8-15/h3-5,7-8,11-12,17H,6,9-10,13H2,1-2H3/t17-/m0/s1. The summed E-state index contributed by atoms with van der Waals surface area (Å²) in [5, 5.41) is 0. The Bertz CT molecular complexity index is 793. The minimum atomic E-state index is -3.52. The molecule has 0 bridgehead atoms. The van der Waals surface area contributed by atoms with Gasteiger partial charge in [-0.15, -0.1) is 0 Å². The van der Waals surface area contributed by atoms with Gasteiger partial charge in [-0.25, -0.2) is 8.42 Å². The summed E-state index contributed by atoms with van der Waals surface area (Å²) in [6, 6.07) is 8.34. The third-order valence-electron chi connectivity index (χ3n) is 4.08. The van der Waals surface area contributed by atoms with Crippen LogP contribution in [0.1, 0.15) is 30.3 Å². The first-order valence-corrected chi connectivity index (χ1v) is 9.45. The number of sulfonamides is 1. The van der Waals surface area contributed by atoms with Crippen molar-refractivity contribution in [2.45, 2.75) is 30.3 Å². The topological polar surface area (TPSA) is 66.4 Å². The van der Waals surface area contributed by atoms with Crippen LogP contribution in [0.25, 0.3) is 0 Å². The molecule has 3 rings (SSSR count). The molecule has 0 saturated carbocycles. The van der Waals surface area contributed by atoms with Crippen LogP contribution in [0.4, 0.5) is 0 Å². The average Bonchev–Trinajstić information content (AvgIpc) is 3.06. The number of rotatable bonds is 5. The van der Waals surface area contributed by atoms with Gasteiger partial charge in [-0.1, -0.05) is 18.2 Å². The molecule has 1 fully saturated rings. The molecular weight excluding hydrogens is 324 g/mol. The lowest BCUT2D eigenvalue weighted by molar-refractivity contribution is 0.378. The van der Waals surface area contributed by atoms with E-state index in [9.17, 15) is 8.42 Å². The second-order valence-corrected chi connectivity index (χ2v) is 8.15. The predicted octanol–water partition coefficient (Wildman–Crippen LogP) is 2.06. The Morgan fingerprint density at radius 2 is 1.96 bits per heavy atom. The van der Waals surface area contributed by atoms with Crippen LogP contribution in [-0.4, -0.2) is 48.2 Å². The van der Waals surface area contributed by atoms with Crippen molar-refractivity contribution in [1.82, 2.24) is 19.2 Å². The lowest BCUT2D eigenvalue weighted by Crippen LogP contribution is -2.31. The van der Waals surface area contributed by atoms with Crippen molar-refractivity contribution in [3.05, 3.63) is 54.1 Å². The highest BCUT2D eigenvalue weighted by Gasteiger charge is 2.37. The van der Waals surface area contributed by atoms with Crippen molar-refractivity contribution in [1.29, 1.82) is 0 Å². The van der Waals surface area contributed by atoms with Crippen molar-refractivity contribution in [2.75, 3.05) is 20.6 Å². The molecule has 128 valence electrons. The molecule has 24 heavy (non-hydrogen) atoms. The zero-order chi connectivity index (χ0) is 17.2. The Morgan fingerprint density at radius 3 is 2.67 bits per heavy atom. The van der Waals surface area contributed by atoms with Gasteiger partial charge in [0.2, 0.25) is 10.0 Å². The molecule has 0 amide bonds. The Kier molecular flexibility index (Phi) is 4.93. The molecule has 2 heterocycles. The molecule has 1 aromatic carbocycles. The maximum absolute atomic E-state index is 13.0. The van der Waals surface area contributed by atoms with Crippen molar-refractivity contribution in [2.24, 2.45) is 0 Å². The van der Waals surface area contributed by atoms with E-state index in [1.54, 1.807) is 41.0 Å². The summed E-state index contributed by atoms with van der Waals surface area (Å²) in [7, 11) is 0.420. The third-order valence-corrected chi connectivity index (χ3v) is 6.00. The summed E-state index contributed by atoms with van der Waals surface area (Å²) in [5.41, 5.74) is 1.58. The summed E-state index contributed by atoms with van der Waals surface area (Å²) in [6.07, 6.45) is 5.01. The number of nitrogens with zero attached hydrogens (tertiary/aromatic N) is 4. The fourth-order valence-corrected chi connectivity index (χ4v) is 4.72. The van der Waals surface area contributed by atoms with Gasteiger partial charge in [-0.3, -0.25) is 9.97 Å². The van der Waals surface area contributed by atoms with E-state index in [2.05, 4.69) is 9.97 Å². The first-order valence-electron chi connectivity index (χ1n) is 8.01. The van der Waals surface area contributed by atoms with E-state index in [0.29, 0.717) is 18.0 Å². The molecule has 7 heteroatoms. The maximum Gasteiger partial charge on any atom is 0.243 e. The van der Waals surface area contributed by atoms with Crippen molar-refractivity contribution in [3.8, 4) is 0 Å². The first-order chi connectivity index (χ1) is 11.5. The van der Waals surface area contributed by atoms with Crippen LogP contribution in [0.2, 0.25) is 0 Å². The number of benzene rings is 1. The van der Waals surface area contributed by atoms with E-state index in [1.807, 2.05) is 25.1 Å². The van der Waals surface area contributed by atoms with Crippen LogP contribution < -0.4 is 0 Å². The smallest absolute Gasteiger partial charge is 0.243 e. The van der Waals surface area contributed by atoms with E-state index in [0.717, 1.165) is 24.2 Å². The number of aromatic nitrogens is 2. The van der Waals surface area contributed by atoms with Crippen LogP contribution in [0.5, 0.6) is 0 Å². The maximum atomic E-state index is 13.0. The van der Waals surface area contributed by atoms with Crippen LogP contribution >= 0.6 is 0 Å². The Hall–Kier alpha value is -1.83. The highest BCUT2D eigenvalue weighted by atomic mass is 32.2. The van der Waals surface area contributed by atoms with E-state index in [-0.39, 0.29) is 6.04 Å². The molecular formula is C17H22N4O2S. The summed E-state index contributed by atoms with van der Waals surface area (Å²) < 4.78 is 27.5. The molecule has 1 aliphatic rings. The second-order valence-electron chi connectivity index (χ2n) is 6.26. The van der Waals surface area contributed by atoms with Gasteiger partial charge < -0.3 is 4.90 Å². The van der Waals surface area contributed by atoms with Gasteiger partial charge in [0.1, 0.15) is 0 Å². The van der Waals surface area contributed by atoms with E-state index < -0.39 is 10.0 Å². The SMILES string of the molecule is CN(C)Cc1cncc([C@@H]2CCCN2S(=O)(=O)c2ccccc2)n1. The summed E-state index contributed by atoms with van der Waals surface area (Å²) in [5.74, 6) is 0. The van der Waals surface area contributed by atoms with Crippen LogP contribution in [0, 0.1) is 0 Å².